The summed E-state index contributed by atoms with van der Waals surface area (Å²) < 4.78 is 36.9. The molecule has 0 radical (unpaired) electrons. The van der Waals surface area contributed by atoms with Gasteiger partial charge in [-0.15, -0.1) is 0 Å². The van der Waals surface area contributed by atoms with Crippen molar-refractivity contribution in [2.45, 2.75) is 6.18 Å². The number of hydrogen-bond acceptors (Lipinski definition) is 3. The van der Waals surface area contributed by atoms with Gasteiger partial charge in [-0.25, -0.2) is 9.97 Å². The van der Waals surface area contributed by atoms with Crippen molar-refractivity contribution in [3.05, 3.63) is 18.1 Å². The van der Waals surface area contributed by atoms with Crippen molar-refractivity contribution in [1.82, 2.24) is 9.97 Å². The topological polar surface area (TPSA) is 29.0 Å². The largest absolute Gasteiger partial charge is 0.421 e. The van der Waals surface area contributed by atoms with Crippen LogP contribution in [0.15, 0.2) is 12.5 Å². The van der Waals surface area contributed by atoms with Gasteiger partial charge < -0.3 is 4.90 Å². The van der Waals surface area contributed by atoms with E-state index in [0.29, 0.717) is 0 Å². The van der Waals surface area contributed by atoms with Gasteiger partial charge >= 0.3 is 6.18 Å². The highest BCUT2D eigenvalue weighted by molar-refractivity contribution is 5.45. The fraction of sp³-hybridized carbons (Fsp3) is 0.429. The molecule has 0 atom stereocenters. The summed E-state index contributed by atoms with van der Waals surface area (Å²) in [7, 11) is 3.00. The molecule has 1 heterocycles. The summed E-state index contributed by atoms with van der Waals surface area (Å²) in [6.45, 7) is 0. The normalized spacial score (nSPS) is 11.5. The number of aromatic nitrogens is 2. The molecule has 6 heteroatoms. The van der Waals surface area contributed by atoms with Crippen molar-refractivity contribution in [1.29, 1.82) is 0 Å². The summed E-state index contributed by atoms with van der Waals surface area (Å²) in [6, 6.07) is 0. The molecule has 1 aromatic rings. The first-order valence-electron chi connectivity index (χ1n) is 3.47. The number of hydrogen-bond donors (Lipinski definition) is 0. The standard InChI is InChI=1S/C7H8F3N3/c1-13(2)6-5(7(8,9)10)3-11-4-12-6/h3-4H,1-2H3. The molecule has 0 fully saturated rings. The van der Waals surface area contributed by atoms with Gasteiger partial charge in [0.1, 0.15) is 17.7 Å². The van der Waals surface area contributed by atoms with Crippen LogP contribution < -0.4 is 4.90 Å². The molecule has 0 saturated heterocycles. The van der Waals surface area contributed by atoms with Crippen LogP contribution in [0, 0.1) is 0 Å². The summed E-state index contributed by atoms with van der Waals surface area (Å²) in [5, 5.41) is 0. The van der Waals surface area contributed by atoms with Crippen LogP contribution in [0.1, 0.15) is 5.56 Å². The Kier molecular flexibility index (Phi) is 2.40. The summed E-state index contributed by atoms with van der Waals surface area (Å²) in [5.41, 5.74) is -0.819. The third-order valence-electron chi connectivity index (χ3n) is 1.42. The highest BCUT2D eigenvalue weighted by atomic mass is 19.4. The molecule has 0 amide bonds. The van der Waals surface area contributed by atoms with E-state index >= 15 is 0 Å². The van der Waals surface area contributed by atoms with Gasteiger partial charge in [0.25, 0.3) is 0 Å². The zero-order chi connectivity index (χ0) is 10.1. The van der Waals surface area contributed by atoms with Crippen LogP contribution in [-0.2, 0) is 6.18 Å². The molecule has 0 aromatic carbocycles. The van der Waals surface area contributed by atoms with E-state index in [2.05, 4.69) is 9.97 Å². The Morgan fingerprint density at radius 2 is 1.92 bits per heavy atom. The van der Waals surface area contributed by atoms with Gasteiger partial charge in [0, 0.05) is 20.3 Å². The first-order chi connectivity index (χ1) is 5.93. The van der Waals surface area contributed by atoms with E-state index in [9.17, 15) is 13.2 Å². The molecule has 0 N–H and O–H groups in total. The average molecular weight is 191 g/mol. The number of alkyl halides is 3. The molecule has 0 unspecified atom stereocenters. The Balaban J connectivity index is 3.20. The van der Waals surface area contributed by atoms with Crippen molar-refractivity contribution in [3.63, 3.8) is 0 Å². The SMILES string of the molecule is CN(C)c1ncncc1C(F)(F)F. The van der Waals surface area contributed by atoms with Crippen LogP contribution >= 0.6 is 0 Å². The molecule has 0 aliphatic rings. The van der Waals surface area contributed by atoms with Crippen molar-refractivity contribution < 1.29 is 13.2 Å². The lowest BCUT2D eigenvalue weighted by Gasteiger charge is -2.16. The Morgan fingerprint density at radius 1 is 1.31 bits per heavy atom. The van der Waals surface area contributed by atoms with Gasteiger partial charge in [-0.3, -0.25) is 0 Å². The van der Waals surface area contributed by atoms with Gasteiger partial charge in [-0.1, -0.05) is 0 Å². The Morgan fingerprint density at radius 3 is 2.31 bits per heavy atom. The lowest BCUT2D eigenvalue weighted by Crippen LogP contribution is -2.18. The van der Waals surface area contributed by atoms with E-state index in [0.717, 1.165) is 12.5 Å². The van der Waals surface area contributed by atoms with Crippen molar-refractivity contribution >= 4 is 5.82 Å². The van der Waals surface area contributed by atoms with Gasteiger partial charge in [-0.05, 0) is 0 Å². The highest BCUT2D eigenvalue weighted by Crippen LogP contribution is 2.33. The van der Waals surface area contributed by atoms with Crippen LogP contribution in [-0.4, -0.2) is 24.1 Å². The fourth-order valence-corrected chi connectivity index (χ4v) is 0.880. The second-order valence-corrected chi connectivity index (χ2v) is 2.65. The second-order valence-electron chi connectivity index (χ2n) is 2.65. The van der Waals surface area contributed by atoms with Crippen LogP contribution in [0.5, 0.6) is 0 Å². The first kappa shape index (κ1) is 9.76. The van der Waals surface area contributed by atoms with E-state index in [4.69, 9.17) is 0 Å². The molecule has 0 aliphatic carbocycles. The zero-order valence-electron chi connectivity index (χ0n) is 7.13. The van der Waals surface area contributed by atoms with Gasteiger partial charge in [0.05, 0.1) is 0 Å². The van der Waals surface area contributed by atoms with Crippen molar-refractivity contribution in [2.24, 2.45) is 0 Å². The minimum Gasteiger partial charge on any atom is -0.362 e. The van der Waals surface area contributed by atoms with Crippen LogP contribution in [0.4, 0.5) is 19.0 Å². The Labute approximate surface area is 73.2 Å². The summed E-state index contributed by atoms with van der Waals surface area (Å²) in [4.78, 5) is 8.17. The first-order valence-corrected chi connectivity index (χ1v) is 3.47. The molecular weight excluding hydrogens is 183 g/mol. The molecule has 0 aliphatic heterocycles. The lowest BCUT2D eigenvalue weighted by molar-refractivity contribution is -0.137. The molecule has 0 saturated carbocycles. The van der Waals surface area contributed by atoms with Crippen molar-refractivity contribution in [3.8, 4) is 0 Å². The number of halogens is 3. The third-order valence-corrected chi connectivity index (χ3v) is 1.42. The fourth-order valence-electron chi connectivity index (χ4n) is 0.880. The minimum absolute atomic E-state index is 0.123. The number of nitrogens with zero attached hydrogens (tertiary/aromatic N) is 3. The van der Waals surface area contributed by atoms with Crippen LogP contribution in [0.25, 0.3) is 0 Å². The summed E-state index contributed by atoms with van der Waals surface area (Å²) in [5.74, 6) is -0.123. The molecule has 0 bridgehead atoms. The maximum Gasteiger partial charge on any atom is 0.421 e. The minimum atomic E-state index is -4.40. The molecule has 13 heavy (non-hydrogen) atoms. The van der Waals surface area contributed by atoms with E-state index < -0.39 is 11.7 Å². The van der Waals surface area contributed by atoms with E-state index in [-0.39, 0.29) is 5.82 Å². The van der Waals surface area contributed by atoms with E-state index in [1.165, 1.54) is 19.0 Å². The third kappa shape index (κ3) is 2.07. The maximum absolute atomic E-state index is 12.3. The van der Waals surface area contributed by atoms with Crippen LogP contribution in [0.2, 0.25) is 0 Å². The van der Waals surface area contributed by atoms with E-state index in [1.54, 1.807) is 0 Å². The lowest BCUT2D eigenvalue weighted by atomic mass is 10.3. The highest BCUT2D eigenvalue weighted by Gasteiger charge is 2.35. The van der Waals surface area contributed by atoms with E-state index in [1.807, 2.05) is 0 Å². The molecule has 1 aromatic heterocycles. The van der Waals surface area contributed by atoms with Gasteiger partial charge in [0.2, 0.25) is 0 Å². The predicted octanol–water partition coefficient (Wildman–Crippen LogP) is 1.56. The predicted molar refractivity (Wildman–Crippen MR) is 41.4 cm³/mol. The average Bonchev–Trinajstić information content (AvgIpc) is 2.03. The smallest absolute Gasteiger partial charge is 0.362 e. The second kappa shape index (κ2) is 3.20. The maximum atomic E-state index is 12.3. The molecule has 0 spiro atoms. The Hall–Kier alpha value is -1.33. The summed E-state index contributed by atoms with van der Waals surface area (Å²) >= 11 is 0. The Bertz CT molecular complexity index is 295. The monoisotopic (exact) mass is 191 g/mol. The summed E-state index contributed by atoms with van der Waals surface area (Å²) in [6.07, 6.45) is -2.55. The van der Waals surface area contributed by atoms with Crippen molar-refractivity contribution in [2.75, 3.05) is 19.0 Å². The molecule has 72 valence electrons. The van der Waals surface area contributed by atoms with Gasteiger partial charge in [0.15, 0.2) is 0 Å². The molecule has 1 rings (SSSR count). The number of anilines is 1. The molecule has 3 nitrogen and oxygen atoms in total. The van der Waals surface area contributed by atoms with Gasteiger partial charge in [-0.2, -0.15) is 13.2 Å². The zero-order valence-corrected chi connectivity index (χ0v) is 7.13. The molecular formula is C7H8F3N3. The quantitative estimate of drug-likeness (QED) is 0.674. The van der Waals surface area contributed by atoms with Crippen LogP contribution in [0.3, 0.4) is 0 Å². The number of rotatable bonds is 1.